The fourth-order valence-electron chi connectivity index (χ4n) is 6.51. The minimum Gasteiger partial charge on any atom is -0.544 e. The first-order valence-electron chi connectivity index (χ1n) is 12.0. The molecule has 0 N–H and O–H groups in total. The molecule has 2 fully saturated rings. The second-order valence-corrected chi connectivity index (χ2v) is 21.0. The molecule has 3 aliphatic carbocycles. The molecule has 31 heavy (non-hydrogen) atoms. The summed E-state index contributed by atoms with van der Waals surface area (Å²) in [5, 5.41) is 4.49. The van der Waals surface area contributed by atoms with E-state index in [0.29, 0.717) is 17.8 Å². The van der Waals surface area contributed by atoms with Crippen molar-refractivity contribution in [2.24, 2.45) is 22.4 Å². The van der Waals surface area contributed by atoms with E-state index in [4.69, 9.17) is 13.7 Å². The summed E-state index contributed by atoms with van der Waals surface area (Å²) in [6, 6.07) is 6.93. The van der Waals surface area contributed by atoms with E-state index in [1.807, 2.05) is 0 Å². The van der Waals surface area contributed by atoms with Crippen LogP contribution in [0.3, 0.4) is 0 Å². The number of rotatable bonds is 5. The van der Waals surface area contributed by atoms with Gasteiger partial charge in [-0.1, -0.05) is 18.1 Å². The number of oxime groups is 1. The molecule has 2 saturated carbocycles. The van der Waals surface area contributed by atoms with E-state index in [9.17, 15) is 0 Å². The molecule has 172 valence electrons. The van der Waals surface area contributed by atoms with Gasteiger partial charge in [0.15, 0.2) is 8.32 Å². The van der Waals surface area contributed by atoms with Gasteiger partial charge in [-0.15, -0.1) is 0 Å². The quantitative estimate of drug-likeness (QED) is 0.368. The van der Waals surface area contributed by atoms with Gasteiger partial charge in [0.2, 0.25) is 8.32 Å². The van der Waals surface area contributed by atoms with E-state index in [2.05, 4.69) is 69.6 Å². The Kier molecular flexibility index (Phi) is 5.97. The number of fused-ring (bicyclic) bond motifs is 5. The van der Waals surface area contributed by atoms with Gasteiger partial charge < -0.3 is 13.7 Å². The molecule has 1 aromatic rings. The maximum absolute atomic E-state index is 6.76. The number of hydrogen-bond acceptors (Lipinski definition) is 4. The lowest BCUT2D eigenvalue weighted by Crippen LogP contribution is -2.48. The van der Waals surface area contributed by atoms with Crippen molar-refractivity contribution in [3.05, 3.63) is 29.3 Å². The summed E-state index contributed by atoms with van der Waals surface area (Å²) in [5.74, 6) is 3.04. The van der Waals surface area contributed by atoms with E-state index in [1.54, 1.807) is 12.7 Å². The average Bonchev–Trinajstić information content (AvgIpc) is 2.91. The van der Waals surface area contributed by atoms with Crippen LogP contribution in [0.15, 0.2) is 23.4 Å². The topological polar surface area (TPSA) is 40.0 Å². The molecule has 0 aliphatic heterocycles. The molecule has 0 amide bonds. The molecule has 0 saturated heterocycles. The SMILES string of the molecule is CO/N=C1\C[C@H]2[C@@H]3CCc4cc(O[Si](C)(C)C)ccc4[C@H]3CC[C@]2(C)[C@@H]1O[Si](C)(C)C. The molecule has 0 aromatic heterocycles. The summed E-state index contributed by atoms with van der Waals surface area (Å²) in [6.45, 7) is 16.1. The van der Waals surface area contributed by atoms with Crippen LogP contribution in [-0.2, 0) is 15.7 Å². The maximum atomic E-state index is 6.76. The van der Waals surface area contributed by atoms with Crippen molar-refractivity contribution in [1.29, 1.82) is 0 Å². The van der Waals surface area contributed by atoms with Crippen LogP contribution in [0.25, 0.3) is 0 Å². The van der Waals surface area contributed by atoms with Gasteiger partial charge in [0, 0.05) is 5.41 Å². The smallest absolute Gasteiger partial charge is 0.242 e. The lowest BCUT2D eigenvalue weighted by Gasteiger charge is -2.51. The van der Waals surface area contributed by atoms with Crippen molar-refractivity contribution in [1.82, 2.24) is 0 Å². The molecule has 6 heteroatoms. The predicted molar refractivity (Wildman–Crippen MR) is 133 cm³/mol. The van der Waals surface area contributed by atoms with Gasteiger partial charge in [-0.25, -0.2) is 0 Å². The monoisotopic (exact) mass is 459 g/mol. The summed E-state index contributed by atoms with van der Waals surface area (Å²) < 4.78 is 13.1. The van der Waals surface area contributed by atoms with Gasteiger partial charge in [-0.05, 0) is 112 Å². The van der Waals surface area contributed by atoms with Crippen LogP contribution in [0.4, 0.5) is 0 Å². The Morgan fingerprint density at radius 2 is 1.77 bits per heavy atom. The van der Waals surface area contributed by atoms with Gasteiger partial charge in [-0.3, -0.25) is 0 Å². The third kappa shape index (κ3) is 4.53. The maximum Gasteiger partial charge on any atom is 0.242 e. The van der Waals surface area contributed by atoms with Crippen molar-refractivity contribution in [3.63, 3.8) is 0 Å². The van der Waals surface area contributed by atoms with Crippen molar-refractivity contribution < 1.29 is 13.7 Å². The van der Waals surface area contributed by atoms with Crippen LogP contribution in [-0.4, -0.2) is 35.6 Å². The Morgan fingerprint density at radius 3 is 2.42 bits per heavy atom. The fraction of sp³-hybridized carbons (Fsp3) is 0.720. The largest absolute Gasteiger partial charge is 0.544 e. The van der Waals surface area contributed by atoms with Gasteiger partial charge in [0.1, 0.15) is 12.9 Å². The van der Waals surface area contributed by atoms with Crippen LogP contribution in [0.2, 0.25) is 39.3 Å². The Labute approximate surface area is 191 Å². The summed E-state index contributed by atoms with van der Waals surface area (Å²) in [5.41, 5.74) is 4.39. The van der Waals surface area contributed by atoms with E-state index in [1.165, 1.54) is 24.8 Å². The van der Waals surface area contributed by atoms with Gasteiger partial charge in [-0.2, -0.15) is 0 Å². The van der Waals surface area contributed by atoms with E-state index < -0.39 is 16.6 Å². The molecule has 5 atom stereocenters. The highest BCUT2D eigenvalue weighted by atomic mass is 28.4. The predicted octanol–water partition coefficient (Wildman–Crippen LogP) is 6.59. The second-order valence-electron chi connectivity index (χ2n) is 12.1. The van der Waals surface area contributed by atoms with E-state index in [0.717, 1.165) is 24.3 Å². The van der Waals surface area contributed by atoms with Crippen LogP contribution < -0.4 is 4.43 Å². The zero-order valence-electron chi connectivity index (χ0n) is 20.7. The molecule has 0 radical (unpaired) electrons. The zero-order chi connectivity index (χ0) is 22.6. The summed E-state index contributed by atoms with van der Waals surface area (Å²) in [6.07, 6.45) is 5.98. The van der Waals surface area contributed by atoms with Crippen molar-refractivity contribution in [2.45, 2.75) is 90.3 Å². The summed E-state index contributed by atoms with van der Waals surface area (Å²) >= 11 is 0. The highest BCUT2D eigenvalue weighted by molar-refractivity contribution is 6.70. The number of nitrogens with zero attached hydrogens (tertiary/aromatic N) is 1. The molecule has 3 aliphatic rings. The third-order valence-corrected chi connectivity index (χ3v) is 9.36. The second kappa shape index (κ2) is 8.03. The number of hydrogen-bond donors (Lipinski definition) is 0. The number of benzene rings is 1. The Morgan fingerprint density at radius 1 is 1.03 bits per heavy atom. The average molecular weight is 460 g/mol. The molecule has 1 aromatic carbocycles. The highest BCUT2D eigenvalue weighted by Crippen LogP contribution is 2.61. The third-order valence-electron chi connectivity index (χ3n) is 7.57. The van der Waals surface area contributed by atoms with Gasteiger partial charge >= 0.3 is 0 Å². The Balaban J connectivity index is 1.62. The van der Waals surface area contributed by atoms with Crippen molar-refractivity contribution in [2.75, 3.05) is 7.11 Å². The first-order valence-corrected chi connectivity index (χ1v) is 18.8. The molecular weight excluding hydrogens is 418 g/mol. The van der Waals surface area contributed by atoms with Gasteiger partial charge in [0.25, 0.3) is 0 Å². The first kappa shape index (κ1) is 23.1. The molecule has 0 heterocycles. The Hall–Kier alpha value is -1.12. The normalized spacial score (nSPS) is 34.1. The number of aryl methyl sites for hydroxylation is 1. The van der Waals surface area contributed by atoms with E-state index >= 15 is 0 Å². The van der Waals surface area contributed by atoms with Crippen molar-refractivity contribution in [3.8, 4) is 5.75 Å². The van der Waals surface area contributed by atoms with Crippen LogP contribution in [0, 0.1) is 17.3 Å². The molecule has 4 rings (SSSR count). The van der Waals surface area contributed by atoms with Crippen LogP contribution in [0.1, 0.15) is 49.7 Å². The minimum absolute atomic E-state index is 0.110. The summed E-state index contributed by atoms with van der Waals surface area (Å²) in [7, 11) is -1.61. The standard InChI is InChI=1S/C25H41NO3Si2/c1-25-14-13-20-19-12-10-18(28-30(3,4)5)15-17(19)9-11-21(20)22(25)16-23(26-27-2)24(25)29-31(6,7)8/h10,12,15,20-22,24H,9,11,13-14,16H2,1-8H3/b26-23+/t20-,21-,22+,24-,25+/m1/s1. The first-order chi connectivity index (χ1) is 14.4. The fourth-order valence-corrected chi connectivity index (χ4v) is 8.45. The van der Waals surface area contributed by atoms with Crippen molar-refractivity contribution >= 4 is 22.3 Å². The minimum atomic E-state index is -1.69. The molecule has 0 bridgehead atoms. The zero-order valence-corrected chi connectivity index (χ0v) is 22.7. The lowest BCUT2D eigenvalue weighted by molar-refractivity contribution is -0.00511. The molecular formula is C25H41NO3Si2. The van der Waals surface area contributed by atoms with Gasteiger partial charge in [0.05, 0.1) is 11.8 Å². The van der Waals surface area contributed by atoms with E-state index in [-0.39, 0.29) is 11.5 Å². The highest BCUT2D eigenvalue weighted by Gasteiger charge is 2.58. The lowest BCUT2D eigenvalue weighted by atomic mass is 9.55. The molecule has 4 nitrogen and oxygen atoms in total. The van der Waals surface area contributed by atoms with Crippen LogP contribution in [0.5, 0.6) is 5.75 Å². The Bertz CT molecular complexity index is 857. The van der Waals surface area contributed by atoms with Crippen LogP contribution >= 0.6 is 0 Å². The molecule has 0 unspecified atom stereocenters. The summed E-state index contributed by atoms with van der Waals surface area (Å²) in [4.78, 5) is 5.28. The molecule has 0 spiro atoms.